The van der Waals surface area contributed by atoms with Crippen molar-refractivity contribution in [1.82, 2.24) is 0 Å². The largest absolute Gasteiger partial charge is 0.378 e. The lowest BCUT2D eigenvalue weighted by molar-refractivity contribution is 1.50. The minimum atomic E-state index is -0.0509. The SMILES string of the molecule is Br.N=C(N)SN. The fourth-order valence-corrected chi connectivity index (χ4v) is 0. The Bertz CT molecular complexity index is 46.1. The second kappa shape index (κ2) is 5.26. The molecule has 0 heterocycles. The molecule has 0 aliphatic carbocycles. The molecule has 0 unspecified atom stereocenters. The van der Waals surface area contributed by atoms with Gasteiger partial charge in [0.2, 0.25) is 0 Å². The molecular weight excluding hydrogens is 166 g/mol. The first-order valence-corrected chi connectivity index (χ1v) is 1.86. The Morgan fingerprint density at radius 1 is 1.67 bits per heavy atom. The summed E-state index contributed by atoms with van der Waals surface area (Å²) in [6, 6.07) is 0. The lowest BCUT2D eigenvalue weighted by atomic mass is 11.4. The number of hydrogen-bond acceptors (Lipinski definition) is 3. The smallest absolute Gasteiger partial charge is 0.166 e. The average Bonchev–Trinajstić information content (AvgIpc) is 1.38. The molecule has 0 fully saturated rings. The van der Waals surface area contributed by atoms with E-state index in [0.717, 1.165) is 11.9 Å². The van der Waals surface area contributed by atoms with E-state index in [1.165, 1.54) is 0 Å². The van der Waals surface area contributed by atoms with Gasteiger partial charge in [-0.05, 0) is 11.9 Å². The average molecular weight is 172 g/mol. The van der Waals surface area contributed by atoms with Gasteiger partial charge in [-0.15, -0.1) is 17.0 Å². The molecule has 0 aromatic carbocycles. The van der Waals surface area contributed by atoms with Gasteiger partial charge in [0, 0.05) is 0 Å². The highest BCUT2D eigenvalue weighted by Crippen LogP contribution is 1.75. The van der Waals surface area contributed by atoms with Crippen molar-refractivity contribution in [2.75, 3.05) is 0 Å². The molecule has 0 saturated heterocycles. The van der Waals surface area contributed by atoms with Gasteiger partial charge in [-0.1, -0.05) is 0 Å². The molecule has 0 aliphatic heterocycles. The van der Waals surface area contributed by atoms with E-state index < -0.39 is 0 Å². The summed E-state index contributed by atoms with van der Waals surface area (Å²) in [4.78, 5) is 0. The van der Waals surface area contributed by atoms with Gasteiger partial charge in [0.05, 0.1) is 0 Å². The minimum Gasteiger partial charge on any atom is -0.378 e. The first-order chi connectivity index (χ1) is 2.27. The van der Waals surface area contributed by atoms with Crippen molar-refractivity contribution in [2.45, 2.75) is 0 Å². The maximum Gasteiger partial charge on any atom is 0.166 e. The van der Waals surface area contributed by atoms with Crippen molar-refractivity contribution < 1.29 is 0 Å². The summed E-state index contributed by atoms with van der Waals surface area (Å²) < 4.78 is 0. The number of nitrogens with two attached hydrogens (primary N) is 2. The summed E-state index contributed by atoms with van der Waals surface area (Å²) >= 11 is 0.741. The van der Waals surface area contributed by atoms with Gasteiger partial charge in [-0.3, -0.25) is 10.5 Å². The molecule has 5 heteroatoms. The number of hydrogen-bond donors (Lipinski definition) is 3. The van der Waals surface area contributed by atoms with Crippen LogP contribution in [-0.4, -0.2) is 5.17 Å². The van der Waals surface area contributed by atoms with E-state index in [-0.39, 0.29) is 22.1 Å². The van der Waals surface area contributed by atoms with Crippen molar-refractivity contribution in [3.63, 3.8) is 0 Å². The summed E-state index contributed by atoms with van der Waals surface area (Å²) in [5, 5.41) is 11.0. The molecular formula is CH6BrN3S. The van der Waals surface area contributed by atoms with Crippen molar-refractivity contribution >= 4 is 34.1 Å². The number of rotatable bonds is 0. The van der Waals surface area contributed by atoms with E-state index in [4.69, 9.17) is 16.3 Å². The second-order valence-electron chi connectivity index (χ2n) is 0.482. The molecule has 0 bridgehead atoms. The maximum absolute atomic E-state index is 6.36. The van der Waals surface area contributed by atoms with Gasteiger partial charge in [0.25, 0.3) is 0 Å². The summed E-state index contributed by atoms with van der Waals surface area (Å²) in [7, 11) is 0. The van der Waals surface area contributed by atoms with Crippen molar-refractivity contribution in [3.05, 3.63) is 0 Å². The number of nitrogens with one attached hydrogen (secondary N) is 1. The fourth-order valence-electron chi connectivity index (χ4n) is 0. The van der Waals surface area contributed by atoms with E-state index in [2.05, 4.69) is 0 Å². The Hall–Kier alpha value is 0.260. The van der Waals surface area contributed by atoms with Crippen LogP contribution in [0.3, 0.4) is 0 Å². The predicted octanol–water partition coefficient (Wildman–Crippen LogP) is 0.0647. The highest BCUT2D eigenvalue weighted by molar-refractivity contribution is 8.93. The van der Waals surface area contributed by atoms with Crippen LogP contribution >= 0.6 is 28.9 Å². The summed E-state index contributed by atoms with van der Waals surface area (Å²) in [5.74, 6) is 0. The Morgan fingerprint density at radius 2 is 1.83 bits per heavy atom. The van der Waals surface area contributed by atoms with E-state index >= 15 is 0 Å². The Kier molecular flexibility index (Phi) is 8.37. The highest BCUT2D eigenvalue weighted by atomic mass is 79.9. The first-order valence-electron chi connectivity index (χ1n) is 0.979. The molecule has 0 atom stereocenters. The van der Waals surface area contributed by atoms with Gasteiger partial charge in [0.1, 0.15) is 0 Å². The van der Waals surface area contributed by atoms with Crippen LogP contribution in [0.4, 0.5) is 0 Å². The Morgan fingerprint density at radius 3 is 1.83 bits per heavy atom. The molecule has 5 N–H and O–H groups in total. The van der Waals surface area contributed by atoms with Gasteiger partial charge >= 0.3 is 0 Å². The molecule has 0 rings (SSSR count). The van der Waals surface area contributed by atoms with Crippen molar-refractivity contribution in [3.8, 4) is 0 Å². The molecule has 0 radical (unpaired) electrons. The van der Waals surface area contributed by atoms with Gasteiger partial charge in [-0.2, -0.15) is 0 Å². The minimum absolute atomic E-state index is 0. The number of halogens is 1. The lowest BCUT2D eigenvalue weighted by Crippen LogP contribution is -2.05. The van der Waals surface area contributed by atoms with Crippen molar-refractivity contribution in [1.29, 1.82) is 5.41 Å². The molecule has 0 aromatic rings. The summed E-state index contributed by atoms with van der Waals surface area (Å²) in [5.41, 5.74) is 4.71. The van der Waals surface area contributed by atoms with E-state index in [1.807, 2.05) is 0 Å². The van der Waals surface area contributed by atoms with Crippen LogP contribution in [0.5, 0.6) is 0 Å². The van der Waals surface area contributed by atoms with E-state index in [1.54, 1.807) is 0 Å². The van der Waals surface area contributed by atoms with Crippen LogP contribution in [0.1, 0.15) is 0 Å². The van der Waals surface area contributed by atoms with Gasteiger partial charge < -0.3 is 5.73 Å². The summed E-state index contributed by atoms with van der Waals surface area (Å²) in [6.07, 6.45) is 0. The normalized spacial score (nSPS) is 6.17. The zero-order valence-electron chi connectivity index (χ0n) is 2.97. The third kappa shape index (κ3) is 8.86. The van der Waals surface area contributed by atoms with Crippen LogP contribution in [0.2, 0.25) is 0 Å². The van der Waals surface area contributed by atoms with Gasteiger partial charge in [0.15, 0.2) is 5.17 Å². The zero-order chi connectivity index (χ0) is 4.28. The molecule has 0 aromatic heterocycles. The van der Waals surface area contributed by atoms with Gasteiger partial charge in [-0.25, -0.2) is 0 Å². The second-order valence-corrected chi connectivity index (χ2v) is 1.16. The highest BCUT2D eigenvalue weighted by Gasteiger charge is 1.72. The van der Waals surface area contributed by atoms with Crippen LogP contribution in [0, 0.1) is 5.41 Å². The quantitative estimate of drug-likeness (QED) is 0.275. The van der Waals surface area contributed by atoms with Crippen LogP contribution in [0.15, 0.2) is 0 Å². The van der Waals surface area contributed by atoms with Crippen LogP contribution in [-0.2, 0) is 0 Å². The first kappa shape index (κ1) is 9.54. The molecule has 38 valence electrons. The van der Waals surface area contributed by atoms with E-state index in [9.17, 15) is 0 Å². The van der Waals surface area contributed by atoms with Crippen molar-refractivity contribution in [2.24, 2.45) is 10.9 Å². The molecule has 3 nitrogen and oxygen atoms in total. The maximum atomic E-state index is 6.36. The Labute approximate surface area is 50.9 Å². The third-order valence-corrected chi connectivity index (χ3v) is 0.381. The lowest BCUT2D eigenvalue weighted by Gasteiger charge is -1.78. The monoisotopic (exact) mass is 171 g/mol. The standard InChI is InChI=1S/CH5N3S.BrH/c2-1(3)5-4;/h4H2,(H3,2,3);1H. The summed E-state index contributed by atoms with van der Waals surface area (Å²) in [6.45, 7) is 0. The third-order valence-electron chi connectivity index (χ3n) is 0.127. The molecule has 6 heavy (non-hydrogen) atoms. The molecule has 0 aliphatic rings. The predicted molar refractivity (Wildman–Crippen MR) is 34.0 cm³/mol. The van der Waals surface area contributed by atoms with Crippen LogP contribution < -0.4 is 10.9 Å². The fraction of sp³-hybridized carbons (Fsp3) is 0. The zero-order valence-corrected chi connectivity index (χ0v) is 5.50. The molecule has 0 saturated carbocycles. The van der Waals surface area contributed by atoms with E-state index in [0.29, 0.717) is 0 Å². The number of amidine groups is 1. The van der Waals surface area contributed by atoms with Crippen LogP contribution in [0.25, 0.3) is 0 Å². The Balaban J connectivity index is 0. The topological polar surface area (TPSA) is 75.9 Å². The molecule has 0 amide bonds. The molecule has 0 spiro atoms.